The van der Waals surface area contributed by atoms with Crippen LogP contribution in [0.25, 0.3) is 0 Å². The maximum Gasteiger partial charge on any atom is 0.407 e. The number of epoxide rings is 1. The Morgan fingerprint density at radius 1 is 1.40 bits per heavy atom. The summed E-state index contributed by atoms with van der Waals surface area (Å²) in [5.74, 6) is 0.233. The van der Waals surface area contributed by atoms with Crippen molar-refractivity contribution in [2.45, 2.75) is 38.4 Å². The molecule has 0 aliphatic carbocycles. The molecule has 5 heteroatoms. The van der Waals surface area contributed by atoms with Crippen molar-refractivity contribution in [3.05, 3.63) is 29.8 Å². The van der Waals surface area contributed by atoms with E-state index in [1.54, 1.807) is 12.1 Å². The summed E-state index contributed by atoms with van der Waals surface area (Å²) < 4.78 is 10.7. The third-order valence-corrected chi connectivity index (χ3v) is 3.08. The topological polar surface area (TPSA) is 71.1 Å². The van der Waals surface area contributed by atoms with E-state index in [0.717, 1.165) is 5.56 Å². The highest BCUT2D eigenvalue weighted by Gasteiger charge is 2.45. The fourth-order valence-corrected chi connectivity index (χ4v) is 1.99. The number of hydrogen-bond acceptors (Lipinski definition) is 4. The lowest BCUT2D eigenvalue weighted by Crippen LogP contribution is -2.34. The number of rotatable bonds is 4. The van der Waals surface area contributed by atoms with Gasteiger partial charge in [-0.15, -0.1) is 0 Å². The van der Waals surface area contributed by atoms with E-state index >= 15 is 0 Å². The van der Waals surface area contributed by atoms with Gasteiger partial charge in [-0.25, -0.2) is 4.79 Å². The Morgan fingerprint density at radius 3 is 2.50 bits per heavy atom. The summed E-state index contributed by atoms with van der Waals surface area (Å²) in [5.41, 5.74) is 0.193. The average molecular weight is 279 g/mol. The summed E-state index contributed by atoms with van der Waals surface area (Å²) in [6.45, 7) is 6.60. The Hall–Kier alpha value is -1.75. The molecule has 2 rings (SSSR count). The highest BCUT2D eigenvalue weighted by atomic mass is 16.6. The second-order valence-electron chi connectivity index (χ2n) is 6.01. The SMILES string of the molecule is CC(C)(C)OC(=O)NCCC1(c2ccc(O)cc2)CO1. The van der Waals surface area contributed by atoms with Crippen molar-refractivity contribution >= 4 is 6.09 Å². The highest BCUT2D eigenvalue weighted by molar-refractivity contribution is 5.67. The Bertz CT molecular complexity index is 472. The van der Waals surface area contributed by atoms with Gasteiger partial charge in [0.15, 0.2) is 0 Å². The molecule has 5 nitrogen and oxygen atoms in total. The summed E-state index contributed by atoms with van der Waals surface area (Å²) in [4.78, 5) is 11.5. The minimum absolute atomic E-state index is 0.233. The Kier molecular flexibility index (Phi) is 3.90. The number of alkyl carbamates (subject to hydrolysis) is 1. The van der Waals surface area contributed by atoms with Crippen molar-refractivity contribution < 1.29 is 19.4 Å². The monoisotopic (exact) mass is 279 g/mol. The zero-order valence-electron chi connectivity index (χ0n) is 12.1. The lowest BCUT2D eigenvalue weighted by atomic mass is 9.96. The first-order valence-corrected chi connectivity index (χ1v) is 6.71. The number of hydrogen-bond donors (Lipinski definition) is 2. The maximum absolute atomic E-state index is 11.5. The van der Waals surface area contributed by atoms with Crippen molar-refractivity contribution in [2.24, 2.45) is 0 Å². The lowest BCUT2D eigenvalue weighted by molar-refractivity contribution is 0.0523. The Labute approximate surface area is 118 Å². The number of phenols is 1. The van der Waals surface area contributed by atoms with Crippen LogP contribution in [0.15, 0.2) is 24.3 Å². The van der Waals surface area contributed by atoms with Gasteiger partial charge in [0.25, 0.3) is 0 Å². The molecule has 0 bridgehead atoms. The highest BCUT2D eigenvalue weighted by Crippen LogP contribution is 2.42. The molecular formula is C15H21NO4. The Morgan fingerprint density at radius 2 is 2.00 bits per heavy atom. The fraction of sp³-hybridized carbons (Fsp3) is 0.533. The third-order valence-electron chi connectivity index (χ3n) is 3.08. The molecular weight excluding hydrogens is 258 g/mol. The number of benzene rings is 1. The second kappa shape index (κ2) is 5.32. The predicted octanol–water partition coefficient (Wildman–Crippen LogP) is 2.53. The van der Waals surface area contributed by atoms with Crippen molar-refractivity contribution in [3.8, 4) is 5.75 Å². The molecule has 1 aromatic carbocycles. The van der Waals surface area contributed by atoms with Crippen LogP contribution in [0.1, 0.15) is 32.8 Å². The van der Waals surface area contributed by atoms with Crippen LogP contribution in [0.2, 0.25) is 0 Å². The molecule has 0 aromatic heterocycles. The van der Waals surface area contributed by atoms with Crippen molar-refractivity contribution in [2.75, 3.05) is 13.2 Å². The van der Waals surface area contributed by atoms with E-state index in [1.807, 2.05) is 32.9 Å². The number of amides is 1. The van der Waals surface area contributed by atoms with E-state index in [0.29, 0.717) is 19.6 Å². The Balaban J connectivity index is 1.82. The van der Waals surface area contributed by atoms with Gasteiger partial charge in [-0.1, -0.05) is 12.1 Å². The molecule has 0 radical (unpaired) electrons. The minimum Gasteiger partial charge on any atom is -0.508 e. The molecule has 1 saturated heterocycles. The number of nitrogens with one attached hydrogen (secondary N) is 1. The van der Waals surface area contributed by atoms with E-state index in [1.165, 1.54) is 0 Å². The standard InChI is InChI=1S/C15H21NO4/c1-14(2,3)20-13(18)16-9-8-15(10-19-15)11-4-6-12(17)7-5-11/h4-7,17H,8-10H2,1-3H3,(H,16,18). The average Bonchev–Trinajstić information content (AvgIpc) is 3.08. The second-order valence-corrected chi connectivity index (χ2v) is 6.01. The van der Waals surface area contributed by atoms with Crippen LogP contribution in [0.5, 0.6) is 5.75 Å². The first-order chi connectivity index (χ1) is 9.31. The van der Waals surface area contributed by atoms with Crippen molar-refractivity contribution in [1.29, 1.82) is 0 Å². The first-order valence-electron chi connectivity index (χ1n) is 6.71. The third kappa shape index (κ3) is 3.87. The van der Waals surface area contributed by atoms with E-state index in [-0.39, 0.29) is 11.4 Å². The molecule has 2 N–H and O–H groups in total. The predicted molar refractivity (Wildman–Crippen MR) is 74.6 cm³/mol. The minimum atomic E-state index is -0.491. The normalized spacial score (nSPS) is 21.4. The molecule has 1 unspecified atom stereocenters. The summed E-state index contributed by atoms with van der Waals surface area (Å²) in [5, 5.41) is 12.0. The number of aromatic hydroxyl groups is 1. The van der Waals surface area contributed by atoms with E-state index in [9.17, 15) is 9.90 Å². The van der Waals surface area contributed by atoms with Gasteiger partial charge >= 0.3 is 6.09 Å². The van der Waals surface area contributed by atoms with Gasteiger partial charge in [-0.2, -0.15) is 0 Å². The van der Waals surface area contributed by atoms with Gasteiger partial charge in [0, 0.05) is 13.0 Å². The molecule has 1 fully saturated rings. The van der Waals surface area contributed by atoms with Gasteiger partial charge in [0.05, 0.1) is 6.61 Å². The molecule has 20 heavy (non-hydrogen) atoms. The smallest absolute Gasteiger partial charge is 0.407 e. The quantitative estimate of drug-likeness (QED) is 0.831. The van der Waals surface area contributed by atoms with Crippen LogP contribution < -0.4 is 5.32 Å². The lowest BCUT2D eigenvalue weighted by Gasteiger charge is -2.20. The van der Waals surface area contributed by atoms with Crippen LogP contribution in [0.4, 0.5) is 4.79 Å². The molecule has 1 aliphatic rings. The number of carbonyl (C=O) groups is 1. The summed E-state index contributed by atoms with van der Waals surface area (Å²) in [7, 11) is 0. The number of carbonyl (C=O) groups excluding carboxylic acids is 1. The molecule has 1 atom stereocenters. The zero-order valence-corrected chi connectivity index (χ0v) is 12.1. The van der Waals surface area contributed by atoms with E-state index in [2.05, 4.69) is 5.32 Å². The van der Waals surface area contributed by atoms with Crippen molar-refractivity contribution in [3.63, 3.8) is 0 Å². The van der Waals surface area contributed by atoms with Gasteiger partial charge < -0.3 is 19.9 Å². The van der Waals surface area contributed by atoms with Gasteiger partial charge in [-0.05, 0) is 38.5 Å². The van der Waals surface area contributed by atoms with Crippen LogP contribution in [-0.2, 0) is 15.1 Å². The number of ether oxygens (including phenoxy) is 2. The summed E-state index contributed by atoms with van der Waals surface area (Å²) in [6.07, 6.45) is 0.260. The molecule has 1 aromatic rings. The van der Waals surface area contributed by atoms with Crippen molar-refractivity contribution in [1.82, 2.24) is 5.32 Å². The number of phenolic OH excluding ortho intramolecular Hbond substituents is 1. The molecule has 1 heterocycles. The first kappa shape index (κ1) is 14.7. The van der Waals surface area contributed by atoms with E-state index in [4.69, 9.17) is 9.47 Å². The van der Waals surface area contributed by atoms with Gasteiger partial charge in [-0.3, -0.25) is 0 Å². The van der Waals surface area contributed by atoms with Crippen LogP contribution >= 0.6 is 0 Å². The van der Waals surface area contributed by atoms with E-state index < -0.39 is 11.7 Å². The molecule has 0 spiro atoms. The largest absolute Gasteiger partial charge is 0.508 e. The van der Waals surface area contributed by atoms with Crippen LogP contribution in [0, 0.1) is 0 Å². The zero-order chi connectivity index (χ0) is 14.8. The van der Waals surface area contributed by atoms with Gasteiger partial charge in [0.1, 0.15) is 17.0 Å². The van der Waals surface area contributed by atoms with Crippen LogP contribution in [-0.4, -0.2) is 30.0 Å². The van der Waals surface area contributed by atoms with Crippen LogP contribution in [0.3, 0.4) is 0 Å². The maximum atomic E-state index is 11.5. The molecule has 110 valence electrons. The summed E-state index contributed by atoms with van der Waals surface area (Å²) >= 11 is 0. The molecule has 1 aliphatic heterocycles. The summed E-state index contributed by atoms with van der Waals surface area (Å²) in [6, 6.07) is 6.96. The molecule has 0 saturated carbocycles. The fourth-order valence-electron chi connectivity index (χ4n) is 1.99. The molecule has 1 amide bonds. The van der Waals surface area contributed by atoms with Gasteiger partial charge in [0.2, 0.25) is 0 Å².